The van der Waals surface area contributed by atoms with Crippen molar-refractivity contribution in [2.75, 3.05) is 13.1 Å². The molecule has 1 heterocycles. The summed E-state index contributed by atoms with van der Waals surface area (Å²) >= 11 is 9.97. The van der Waals surface area contributed by atoms with Crippen LogP contribution in [0.25, 0.3) is 0 Å². The van der Waals surface area contributed by atoms with Crippen LogP contribution in [0.2, 0.25) is 5.02 Å². The lowest BCUT2D eigenvalue weighted by Gasteiger charge is -2.05. The van der Waals surface area contributed by atoms with Gasteiger partial charge in [0.15, 0.2) is 0 Å². The van der Waals surface area contributed by atoms with E-state index in [1.165, 1.54) is 6.07 Å². The molecule has 0 bridgehead atoms. The van der Waals surface area contributed by atoms with Gasteiger partial charge in [0.05, 0.1) is 8.81 Å². The summed E-state index contributed by atoms with van der Waals surface area (Å²) in [6.45, 7) is 2.60. The van der Waals surface area contributed by atoms with E-state index in [4.69, 9.17) is 11.6 Å². The standard InChI is InChI=1S/C10H14BrClN2O3S2/c1-2-4-13-8(15)3-5-14-19(16,17)9-6-7(12)10(11)18-9/h6,14H,2-5H2,1H3,(H,13,15). The van der Waals surface area contributed by atoms with Gasteiger partial charge in [-0.15, -0.1) is 11.3 Å². The quantitative estimate of drug-likeness (QED) is 0.751. The number of hydrogen-bond donors (Lipinski definition) is 2. The second kappa shape index (κ2) is 7.58. The monoisotopic (exact) mass is 388 g/mol. The van der Waals surface area contributed by atoms with Gasteiger partial charge < -0.3 is 5.32 Å². The van der Waals surface area contributed by atoms with E-state index in [9.17, 15) is 13.2 Å². The van der Waals surface area contributed by atoms with Crippen LogP contribution in [-0.2, 0) is 14.8 Å². The Morgan fingerprint density at radius 3 is 2.68 bits per heavy atom. The van der Waals surface area contributed by atoms with Crippen molar-refractivity contribution >= 4 is 54.8 Å². The van der Waals surface area contributed by atoms with Crippen molar-refractivity contribution in [3.63, 3.8) is 0 Å². The fourth-order valence-electron chi connectivity index (χ4n) is 1.18. The number of amides is 1. The summed E-state index contributed by atoms with van der Waals surface area (Å²) in [5.41, 5.74) is 0. The van der Waals surface area contributed by atoms with Crippen molar-refractivity contribution in [1.29, 1.82) is 0 Å². The first-order chi connectivity index (χ1) is 8.86. The van der Waals surface area contributed by atoms with Gasteiger partial charge in [0, 0.05) is 19.5 Å². The molecule has 1 aromatic heterocycles. The maximum Gasteiger partial charge on any atom is 0.250 e. The lowest BCUT2D eigenvalue weighted by atomic mass is 10.4. The van der Waals surface area contributed by atoms with Crippen LogP contribution in [-0.4, -0.2) is 27.4 Å². The van der Waals surface area contributed by atoms with Crippen LogP contribution < -0.4 is 10.0 Å². The summed E-state index contributed by atoms with van der Waals surface area (Å²) in [5.74, 6) is -0.171. The molecule has 0 aromatic carbocycles. The van der Waals surface area contributed by atoms with Gasteiger partial charge in [-0.25, -0.2) is 13.1 Å². The molecule has 0 radical (unpaired) electrons. The number of halogens is 2. The highest BCUT2D eigenvalue weighted by molar-refractivity contribution is 9.11. The summed E-state index contributed by atoms with van der Waals surface area (Å²) in [6, 6.07) is 1.37. The van der Waals surface area contributed by atoms with Crippen LogP contribution in [0.3, 0.4) is 0 Å². The van der Waals surface area contributed by atoms with E-state index >= 15 is 0 Å². The maximum atomic E-state index is 11.9. The zero-order valence-electron chi connectivity index (χ0n) is 10.2. The number of hydrogen-bond acceptors (Lipinski definition) is 4. The fraction of sp³-hybridized carbons (Fsp3) is 0.500. The van der Waals surface area contributed by atoms with E-state index in [2.05, 4.69) is 26.0 Å². The lowest BCUT2D eigenvalue weighted by molar-refractivity contribution is -0.120. The van der Waals surface area contributed by atoms with Gasteiger partial charge in [-0.05, 0) is 28.4 Å². The summed E-state index contributed by atoms with van der Waals surface area (Å²) in [6.07, 6.45) is 0.957. The van der Waals surface area contributed by atoms with E-state index in [1.54, 1.807) is 0 Å². The van der Waals surface area contributed by atoms with Gasteiger partial charge in [0.1, 0.15) is 4.21 Å². The number of thiophene rings is 1. The Balaban J connectivity index is 2.50. The molecule has 0 saturated carbocycles. The topological polar surface area (TPSA) is 75.3 Å². The molecule has 0 saturated heterocycles. The first kappa shape index (κ1) is 16.9. The third kappa shape index (κ3) is 5.39. The molecule has 1 aromatic rings. The summed E-state index contributed by atoms with van der Waals surface area (Å²) in [4.78, 5) is 11.3. The molecule has 1 amide bonds. The van der Waals surface area contributed by atoms with Gasteiger partial charge in [-0.3, -0.25) is 4.79 Å². The first-order valence-electron chi connectivity index (χ1n) is 5.58. The average Bonchev–Trinajstić information content (AvgIpc) is 2.67. The maximum absolute atomic E-state index is 11.9. The van der Waals surface area contributed by atoms with E-state index < -0.39 is 10.0 Å². The molecule has 0 atom stereocenters. The van der Waals surface area contributed by atoms with E-state index in [-0.39, 0.29) is 23.1 Å². The molecule has 0 spiro atoms. The van der Waals surface area contributed by atoms with E-state index in [0.29, 0.717) is 15.4 Å². The zero-order valence-corrected chi connectivity index (χ0v) is 14.2. The van der Waals surface area contributed by atoms with E-state index in [1.807, 2.05) is 6.92 Å². The van der Waals surface area contributed by atoms with Gasteiger partial charge in [-0.2, -0.15) is 0 Å². The zero-order chi connectivity index (χ0) is 14.5. The number of nitrogens with one attached hydrogen (secondary N) is 2. The number of carbonyl (C=O) groups excluding carboxylic acids is 1. The molecule has 108 valence electrons. The predicted molar refractivity (Wildman–Crippen MR) is 80.1 cm³/mol. The Kier molecular flexibility index (Phi) is 6.75. The normalized spacial score (nSPS) is 11.5. The largest absolute Gasteiger partial charge is 0.356 e. The summed E-state index contributed by atoms with van der Waals surface area (Å²) < 4.78 is 26.8. The third-order valence-electron chi connectivity index (χ3n) is 2.10. The van der Waals surface area contributed by atoms with Gasteiger partial charge in [0.25, 0.3) is 0 Å². The Bertz CT molecular complexity index is 525. The molecule has 0 fully saturated rings. The van der Waals surface area contributed by atoms with E-state index in [0.717, 1.165) is 17.8 Å². The van der Waals surface area contributed by atoms with Crippen molar-refractivity contribution in [2.45, 2.75) is 24.0 Å². The van der Waals surface area contributed by atoms with Gasteiger partial charge in [0.2, 0.25) is 15.9 Å². The summed E-state index contributed by atoms with van der Waals surface area (Å²) in [5, 5.41) is 3.02. The minimum atomic E-state index is -3.60. The van der Waals surface area contributed by atoms with Crippen molar-refractivity contribution < 1.29 is 13.2 Å². The van der Waals surface area contributed by atoms with Crippen molar-refractivity contribution in [1.82, 2.24) is 10.0 Å². The molecule has 0 unspecified atom stereocenters. The van der Waals surface area contributed by atoms with Crippen LogP contribution in [0, 0.1) is 0 Å². The smallest absolute Gasteiger partial charge is 0.250 e. The van der Waals surface area contributed by atoms with Gasteiger partial charge >= 0.3 is 0 Å². The molecule has 9 heteroatoms. The van der Waals surface area contributed by atoms with Crippen molar-refractivity contribution in [3.05, 3.63) is 14.9 Å². The van der Waals surface area contributed by atoms with Crippen LogP contribution in [0.1, 0.15) is 19.8 Å². The van der Waals surface area contributed by atoms with Crippen molar-refractivity contribution in [2.24, 2.45) is 0 Å². The highest BCUT2D eigenvalue weighted by Crippen LogP contribution is 2.34. The predicted octanol–water partition coefficient (Wildman–Crippen LogP) is 2.36. The van der Waals surface area contributed by atoms with Crippen molar-refractivity contribution in [3.8, 4) is 0 Å². The SMILES string of the molecule is CCCNC(=O)CCNS(=O)(=O)c1cc(Cl)c(Br)s1. The van der Waals surface area contributed by atoms with Gasteiger partial charge in [-0.1, -0.05) is 18.5 Å². The Morgan fingerprint density at radius 1 is 1.47 bits per heavy atom. The fourth-order valence-corrected chi connectivity index (χ4v) is 4.66. The Morgan fingerprint density at radius 2 is 2.16 bits per heavy atom. The first-order valence-corrected chi connectivity index (χ1v) is 9.05. The molecular formula is C10H14BrClN2O3S2. The molecule has 0 aliphatic rings. The third-order valence-corrected chi connectivity index (χ3v) is 6.51. The molecule has 5 nitrogen and oxygen atoms in total. The Labute approximate surface area is 129 Å². The molecule has 19 heavy (non-hydrogen) atoms. The Hall–Kier alpha value is -0.150. The molecule has 0 aliphatic carbocycles. The average molecular weight is 390 g/mol. The molecule has 2 N–H and O–H groups in total. The highest BCUT2D eigenvalue weighted by atomic mass is 79.9. The highest BCUT2D eigenvalue weighted by Gasteiger charge is 2.18. The summed E-state index contributed by atoms with van der Waals surface area (Å²) in [7, 11) is -3.60. The molecule has 1 rings (SSSR count). The lowest BCUT2D eigenvalue weighted by Crippen LogP contribution is -2.30. The number of carbonyl (C=O) groups is 1. The van der Waals surface area contributed by atoms with Crippen LogP contribution in [0.15, 0.2) is 14.1 Å². The van der Waals surface area contributed by atoms with Crippen LogP contribution >= 0.6 is 38.9 Å². The molecular weight excluding hydrogens is 376 g/mol. The minimum Gasteiger partial charge on any atom is -0.356 e. The minimum absolute atomic E-state index is 0.0605. The molecule has 0 aliphatic heterocycles. The van der Waals surface area contributed by atoms with Crippen LogP contribution in [0.4, 0.5) is 0 Å². The van der Waals surface area contributed by atoms with Crippen LogP contribution in [0.5, 0.6) is 0 Å². The second-order valence-electron chi connectivity index (χ2n) is 3.68. The second-order valence-corrected chi connectivity index (χ2v) is 8.46. The number of rotatable bonds is 7. The number of sulfonamides is 1.